The summed E-state index contributed by atoms with van der Waals surface area (Å²) in [5.74, 6) is 0. The van der Waals surface area contributed by atoms with E-state index in [2.05, 4.69) is 13.0 Å². The molecule has 1 unspecified atom stereocenters. The molecule has 1 atom stereocenters. The van der Waals surface area contributed by atoms with E-state index in [-0.39, 0.29) is 6.10 Å². The van der Waals surface area contributed by atoms with Gasteiger partial charge in [-0.3, -0.25) is 0 Å². The zero-order valence-corrected chi connectivity index (χ0v) is 7.18. The first-order chi connectivity index (χ1) is 5.36. The predicted molar refractivity (Wildman–Crippen MR) is 46.4 cm³/mol. The number of ether oxygens (including phenoxy) is 1. The lowest BCUT2D eigenvalue weighted by Crippen LogP contribution is -2.23. The molecule has 11 heavy (non-hydrogen) atoms. The van der Waals surface area contributed by atoms with E-state index in [4.69, 9.17) is 10.5 Å². The molecule has 0 bridgehead atoms. The normalized spacial score (nSPS) is 26.0. The minimum Gasteiger partial charge on any atom is -0.376 e. The molecule has 0 fully saturated rings. The molecule has 0 aromatic heterocycles. The monoisotopic (exact) mass is 155 g/mol. The third-order valence-corrected chi connectivity index (χ3v) is 2.11. The molecule has 1 aliphatic rings. The highest BCUT2D eigenvalue weighted by Crippen LogP contribution is 2.16. The largest absolute Gasteiger partial charge is 0.376 e. The molecule has 2 heteroatoms. The third-order valence-electron chi connectivity index (χ3n) is 2.11. The maximum atomic E-state index is 5.54. The summed E-state index contributed by atoms with van der Waals surface area (Å²) < 4.78 is 5.51. The molecule has 1 rings (SSSR count). The van der Waals surface area contributed by atoms with Gasteiger partial charge in [0.05, 0.1) is 12.7 Å². The zero-order chi connectivity index (χ0) is 8.10. The van der Waals surface area contributed by atoms with Crippen molar-refractivity contribution >= 4 is 0 Å². The Morgan fingerprint density at radius 1 is 1.73 bits per heavy atom. The molecule has 2 nitrogen and oxygen atoms in total. The van der Waals surface area contributed by atoms with Crippen LogP contribution in [0.3, 0.4) is 0 Å². The Bertz CT molecular complexity index is 142. The van der Waals surface area contributed by atoms with Crippen LogP contribution in [0, 0.1) is 0 Å². The van der Waals surface area contributed by atoms with E-state index < -0.39 is 0 Å². The molecule has 1 heterocycles. The Morgan fingerprint density at radius 3 is 3.18 bits per heavy atom. The fraction of sp³-hybridized carbons (Fsp3) is 0.778. The summed E-state index contributed by atoms with van der Waals surface area (Å²) in [7, 11) is 0. The number of nitrogens with two attached hydrogens (primary N) is 1. The first-order valence-corrected chi connectivity index (χ1v) is 4.36. The molecule has 0 aromatic rings. The highest BCUT2D eigenvalue weighted by molar-refractivity contribution is 5.04. The van der Waals surface area contributed by atoms with Crippen LogP contribution in [0.2, 0.25) is 0 Å². The van der Waals surface area contributed by atoms with Crippen molar-refractivity contribution in [3.63, 3.8) is 0 Å². The second kappa shape index (κ2) is 4.52. The van der Waals surface area contributed by atoms with Crippen molar-refractivity contribution in [2.45, 2.75) is 32.3 Å². The fourth-order valence-electron chi connectivity index (χ4n) is 1.37. The van der Waals surface area contributed by atoms with Crippen molar-refractivity contribution in [3.8, 4) is 0 Å². The van der Waals surface area contributed by atoms with Gasteiger partial charge in [0.2, 0.25) is 0 Å². The summed E-state index contributed by atoms with van der Waals surface area (Å²) >= 11 is 0. The van der Waals surface area contributed by atoms with E-state index in [1.54, 1.807) is 0 Å². The number of hydrogen-bond donors (Lipinski definition) is 1. The summed E-state index contributed by atoms with van der Waals surface area (Å²) in [6.45, 7) is 3.67. The van der Waals surface area contributed by atoms with Gasteiger partial charge in [-0.15, -0.1) is 0 Å². The van der Waals surface area contributed by atoms with Crippen molar-refractivity contribution in [3.05, 3.63) is 11.6 Å². The van der Waals surface area contributed by atoms with Crippen molar-refractivity contribution in [2.75, 3.05) is 13.2 Å². The fourth-order valence-corrected chi connectivity index (χ4v) is 1.37. The van der Waals surface area contributed by atoms with Crippen molar-refractivity contribution in [2.24, 2.45) is 5.73 Å². The highest BCUT2D eigenvalue weighted by Gasteiger charge is 2.11. The average molecular weight is 155 g/mol. The molecule has 0 amide bonds. The van der Waals surface area contributed by atoms with Crippen LogP contribution in [0.4, 0.5) is 0 Å². The Hall–Kier alpha value is -0.340. The Morgan fingerprint density at radius 2 is 2.55 bits per heavy atom. The summed E-state index contributed by atoms with van der Waals surface area (Å²) in [4.78, 5) is 0. The van der Waals surface area contributed by atoms with Gasteiger partial charge in [-0.2, -0.15) is 0 Å². The minimum atomic E-state index is 0.267. The van der Waals surface area contributed by atoms with Crippen LogP contribution in [-0.4, -0.2) is 19.3 Å². The molecular weight excluding hydrogens is 138 g/mol. The molecule has 0 aliphatic carbocycles. The highest BCUT2D eigenvalue weighted by atomic mass is 16.5. The molecular formula is C9H17NO. The molecule has 2 N–H and O–H groups in total. The lowest BCUT2D eigenvalue weighted by molar-refractivity contribution is 0.0671. The SMILES string of the molecule is CCC1=CCCOC(CN)C1. The second-order valence-electron chi connectivity index (χ2n) is 2.94. The van der Waals surface area contributed by atoms with Gasteiger partial charge in [0.15, 0.2) is 0 Å². The van der Waals surface area contributed by atoms with E-state index >= 15 is 0 Å². The van der Waals surface area contributed by atoms with E-state index in [0.717, 1.165) is 25.9 Å². The van der Waals surface area contributed by atoms with Crippen LogP contribution in [0.15, 0.2) is 11.6 Å². The van der Waals surface area contributed by atoms with Crippen LogP contribution < -0.4 is 5.73 Å². The van der Waals surface area contributed by atoms with Crippen molar-refractivity contribution in [1.82, 2.24) is 0 Å². The van der Waals surface area contributed by atoms with Crippen LogP contribution in [0.25, 0.3) is 0 Å². The number of rotatable bonds is 2. The maximum Gasteiger partial charge on any atom is 0.0734 e. The van der Waals surface area contributed by atoms with Gasteiger partial charge in [-0.1, -0.05) is 18.6 Å². The van der Waals surface area contributed by atoms with E-state index in [9.17, 15) is 0 Å². The lowest BCUT2D eigenvalue weighted by Gasteiger charge is -2.13. The predicted octanol–water partition coefficient (Wildman–Crippen LogP) is 1.46. The summed E-state index contributed by atoms with van der Waals surface area (Å²) in [6, 6.07) is 0. The van der Waals surface area contributed by atoms with E-state index in [1.807, 2.05) is 0 Å². The van der Waals surface area contributed by atoms with Crippen molar-refractivity contribution < 1.29 is 4.74 Å². The van der Waals surface area contributed by atoms with Crippen LogP contribution in [-0.2, 0) is 4.74 Å². The summed E-state index contributed by atoms with van der Waals surface area (Å²) in [5, 5.41) is 0. The molecule has 0 spiro atoms. The maximum absolute atomic E-state index is 5.54. The van der Waals surface area contributed by atoms with Crippen molar-refractivity contribution in [1.29, 1.82) is 0 Å². The van der Waals surface area contributed by atoms with Gasteiger partial charge in [-0.05, 0) is 19.3 Å². The minimum absolute atomic E-state index is 0.267. The first-order valence-electron chi connectivity index (χ1n) is 4.36. The summed E-state index contributed by atoms with van der Waals surface area (Å²) in [5.41, 5.74) is 7.04. The van der Waals surface area contributed by atoms with Gasteiger partial charge in [-0.25, -0.2) is 0 Å². The first kappa shape index (κ1) is 8.75. The second-order valence-corrected chi connectivity index (χ2v) is 2.94. The molecule has 64 valence electrons. The number of hydrogen-bond acceptors (Lipinski definition) is 2. The van der Waals surface area contributed by atoms with E-state index in [0.29, 0.717) is 6.54 Å². The van der Waals surface area contributed by atoms with Gasteiger partial charge in [0.25, 0.3) is 0 Å². The lowest BCUT2D eigenvalue weighted by atomic mass is 10.1. The Balaban J connectivity index is 2.45. The van der Waals surface area contributed by atoms with Crippen LogP contribution in [0.5, 0.6) is 0 Å². The molecule has 1 aliphatic heterocycles. The van der Waals surface area contributed by atoms with Gasteiger partial charge >= 0.3 is 0 Å². The van der Waals surface area contributed by atoms with Gasteiger partial charge in [0, 0.05) is 6.54 Å². The smallest absolute Gasteiger partial charge is 0.0734 e. The third kappa shape index (κ3) is 2.64. The summed E-state index contributed by atoms with van der Waals surface area (Å²) in [6.07, 6.45) is 5.78. The topological polar surface area (TPSA) is 35.2 Å². The molecule has 0 aromatic carbocycles. The quantitative estimate of drug-likeness (QED) is 0.613. The molecule has 0 saturated carbocycles. The molecule has 0 saturated heterocycles. The Labute approximate surface area is 68.4 Å². The standard InChI is InChI=1S/C9H17NO/c1-2-8-4-3-5-11-9(6-8)7-10/h4,9H,2-3,5-7,10H2,1H3. The van der Waals surface area contributed by atoms with Crippen LogP contribution in [0.1, 0.15) is 26.2 Å². The average Bonchev–Trinajstić information content (AvgIpc) is 2.28. The molecule has 0 radical (unpaired) electrons. The Kier molecular flexibility index (Phi) is 3.60. The zero-order valence-electron chi connectivity index (χ0n) is 7.18. The van der Waals surface area contributed by atoms with Crippen LogP contribution >= 0.6 is 0 Å². The van der Waals surface area contributed by atoms with Gasteiger partial charge in [0.1, 0.15) is 0 Å². The van der Waals surface area contributed by atoms with E-state index in [1.165, 1.54) is 5.57 Å². The van der Waals surface area contributed by atoms with Gasteiger partial charge < -0.3 is 10.5 Å².